The predicted octanol–water partition coefficient (Wildman–Crippen LogP) is 0.666. The summed E-state index contributed by atoms with van der Waals surface area (Å²) in [4.78, 5) is 21.1. The first kappa shape index (κ1) is 13.6. The first-order valence-electron chi connectivity index (χ1n) is 5.13. The van der Waals surface area contributed by atoms with Gasteiger partial charge in [0.2, 0.25) is 0 Å². The molecule has 0 aliphatic carbocycles. The van der Waals surface area contributed by atoms with E-state index in [0.717, 1.165) is 0 Å². The van der Waals surface area contributed by atoms with E-state index in [-0.39, 0.29) is 19.0 Å². The van der Waals surface area contributed by atoms with Crippen LogP contribution in [0, 0.1) is 0 Å². The molecule has 0 bridgehead atoms. The molecule has 0 spiro atoms. The summed E-state index contributed by atoms with van der Waals surface area (Å²) in [6.45, 7) is -0.250. The van der Waals surface area contributed by atoms with Crippen LogP contribution in [0.15, 0.2) is 24.3 Å². The Morgan fingerprint density at radius 3 is 2.06 bits per heavy atom. The molecule has 7 nitrogen and oxygen atoms in total. The quantitative estimate of drug-likeness (QED) is 0.712. The number of carbonyl (C=O) groups is 2. The maximum atomic E-state index is 10.6. The lowest BCUT2D eigenvalue weighted by Gasteiger charge is -2.17. The van der Waals surface area contributed by atoms with Crippen molar-refractivity contribution in [1.29, 1.82) is 0 Å². The van der Waals surface area contributed by atoms with E-state index in [2.05, 4.69) is 9.47 Å². The van der Waals surface area contributed by atoms with Gasteiger partial charge in [0.15, 0.2) is 0 Å². The molecule has 0 saturated heterocycles. The maximum absolute atomic E-state index is 10.6. The van der Waals surface area contributed by atoms with Crippen LogP contribution >= 0.6 is 0 Å². The number of carbonyl (C=O) groups excluding carboxylic acids is 2. The van der Waals surface area contributed by atoms with E-state index in [9.17, 15) is 14.7 Å². The van der Waals surface area contributed by atoms with Crippen molar-refractivity contribution in [1.82, 2.24) is 0 Å². The molecule has 5 N–H and O–H groups in total. The van der Waals surface area contributed by atoms with Crippen LogP contribution in [0.25, 0.3) is 0 Å². The number of amides is 2. The molecule has 1 aromatic rings. The Morgan fingerprint density at radius 1 is 1.11 bits per heavy atom. The number of aromatic hydroxyl groups is 1. The van der Waals surface area contributed by atoms with E-state index < -0.39 is 18.1 Å². The monoisotopic (exact) mass is 254 g/mol. The highest BCUT2D eigenvalue weighted by Crippen LogP contribution is 2.26. The number of primary amides is 2. The molecule has 0 aliphatic heterocycles. The van der Waals surface area contributed by atoms with Crippen LogP contribution in [-0.4, -0.2) is 30.5 Å². The topological polar surface area (TPSA) is 125 Å². The van der Waals surface area contributed by atoms with Gasteiger partial charge in [0.05, 0.1) is 5.92 Å². The molecule has 1 rings (SSSR count). The third-order valence-electron chi connectivity index (χ3n) is 2.23. The Morgan fingerprint density at radius 2 is 1.61 bits per heavy atom. The van der Waals surface area contributed by atoms with Gasteiger partial charge in [-0.15, -0.1) is 0 Å². The number of phenols is 1. The lowest BCUT2D eigenvalue weighted by molar-refractivity contribution is 0.115. The number of benzene rings is 1. The number of hydrogen-bond donors (Lipinski definition) is 3. The minimum absolute atomic E-state index is 0.00337. The first-order chi connectivity index (χ1) is 8.50. The molecule has 98 valence electrons. The molecule has 0 atom stereocenters. The van der Waals surface area contributed by atoms with Gasteiger partial charge in [-0.1, -0.05) is 18.2 Å². The van der Waals surface area contributed by atoms with Crippen molar-refractivity contribution < 1.29 is 24.2 Å². The van der Waals surface area contributed by atoms with Crippen molar-refractivity contribution in [2.75, 3.05) is 13.2 Å². The van der Waals surface area contributed by atoms with Crippen molar-refractivity contribution in [3.63, 3.8) is 0 Å². The zero-order valence-corrected chi connectivity index (χ0v) is 9.54. The molecule has 0 heterocycles. The molecule has 0 radical (unpaired) electrons. The Bertz CT molecular complexity index is 417. The fourth-order valence-electron chi connectivity index (χ4n) is 1.43. The summed E-state index contributed by atoms with van der Waals surface area (Å²) in [5.41, 5.74) is 10.2. The van der Waals surface area contributed by atoms with E-state index >= 15 is 0 Å². The zero-order chi connectivity index (χ0) is 13.5. The standard InChI is InChI=1S/C11H14N2O5/c12-10(15)17-5-7(6-18-11(13)16)8-3-1-2-4-9(8)14/h1-4,7,14H,5-6H2,(H2,12,15)(H2,13,16). The molecule has 2 amide bonds. The lowest BCUT2D eigenvalue weighted by Crippen LogP contribution is -2.23. The summed E-state index contributed by atoms with van der Waals surface area (Å²) in [7, 11) is 0. The number of hydrogen-bond acceptors (Lipinski definition) is 5. The van der Waals surface area contributed by atoms with E-state index in [1.807, 2.05) is 0 Å². The Hall–Kier alpha value is -2.44. The van der Waals surface area contributed by atoms with Crippen LogP contribution < -0.4 is 11.5 Å². The van der Waals surface area contributed by atoms with Crippen LogP contribution in [0.4, 0.5) is 9.59 Å². The number of ether oxygens (including phenoxy) is 2. The minimum Gasteiger partial charge on any atom is -0.508 e. The normalized spacial score (nSPS) is 10.1. The molecule has 0 aliphatic rings. The minimum atomic E-state index is -0.950. The highest BCUT2D eigenvalue weighted by molar-refractivity contribution is 5.65. The highest BCUT2D eigenvalue weighted by Gasteiger charge is 2.18. The van der Waals surface area contributed by atoms with Crippen LogP contribution in [0.1, 0.15) is 11.5 Å². The summed E-state index contributed by atoms with van der Waals surface area (Å²) in [5, 5.41) is 9.67. The van der Waals surface area contributed by atoms with Gasteiger partial charge in [0, 0.05) is 5.56 Å². The second-order valence-corrected chi connectivity index (χ2v) is 3.52. The van der Waals surface area contributed by atoms with Crippen LogP contribution in [0.2, 0.25) is 0 Å². The van der Waals surface area contributed by atoms with Gasteiger partial charge >= 0.3 is 12.2 Å². The molecule has 1 aromatic carbocycles. The number of para-hydroxylation sites is 1. The smallest absolute Gasteiger partial charge is 0.404 e. The van der Waals surface area contributed by atoms with E-state index in [4.69, 9.17) is 11.5 Å². The van der Waals surface area contributed by atoms with Gasteiger partial charge < -0.3 is 26.0 Å². The lowest BCUT2D eigenvalue weighted by atomic mass is 10.00. The average Bonchev–Trinajstić information content (AvgIpc) is 2.30. The van der Waals surface area contributed by atoms with Gasteiger partial charge in [0.25, 0.3) is 0 Å². The van der Waals surface area contributed by atoms with E-state index in [0.29, 0.717) is 5.56 Å². The van der Waals surface area contributed by atoms with Crippen LogP contribution in [-0.2, 0) is 9.47 Å². The summed E-state index contributed by atoms with van der Waals surface area (Å²) in [5.74, 6) is -0.533. The fourth-order valence-corrected chi connectivity index (χ4v) is 1.43. The SMILES string of the molecule is NC(=O)OCC(COC(N)=O)c1ccccc1O. The predicted molar refractivity (Wildman–Crippen MR) is 61.9 cm³/mol. The zero-order valence-electron chi connectivity index (χ0n) is 9.54. The Kier molecular flexibility index (Phi) is 4.79. The van der Waals surface area contributed by atoms with Gasteiger partial charge in [0.1, 0.15) is 19.0 Å². The number of nitrogens with two attached hydrogens (primary N) is 2. The molecule has 7 heteroatoms. The van der Waals surface area contributed by atoms with Gasteiger partial charge in [-0.3, -0.25) is 0 Å². The number of phenolic OH excluding ortho intramolecular Hbond substituents is 1. The second kappa shape index (κ2) is 6.33. The van der Waals surface area contributed by atoms with Crippen LogP contribution in [0.3, 0.4) is 0 Å². The molecule has 0 unspecified atom stereocenters. The van der Waals surface area contributed by atoms with Gasteiger partial charge in [-0.05, 0) is 6.07 Å². The second-order valence-electron chi connectivity index (χ2n) is 3.52. The van der Waals surface area contributed by atoms with Crippen LogP contribution in [0.5, 0.6) is 5.75 Å². The molecule has 0 aromatic heterocycles. The van der Waals surface area contributed by atoms with Gasteiger partial charge in [-0.25, -0.2) is 9.59 Å². The maximum Gasteiger partial charge on any atom is 0.404 e. The summed E-state index contributed by atoms with van der Waals surface area (Å²) in [6.07, 6.45) is -1.90. The molecule has 0 saturated carbocycles. The van der Waals surface area contributed by atoms with Crippen molar-refractivity contribution in [3.05, 3.63) is 29.8 Å². The van der Waals surface area contributed by atoms with E-state index in [1.165, 1.54) is 6.07 Å². The summed E-state index contributed by atoms with van der Waals surface area (Å²) in [6, 6.07) is 6.42. The molecular weight excluding hydrogens is 240 g/mol. The fraction of sp³-hybridized carbons (Fsp3) is 0.273. The third-order valence-corrected chi connectivity index (χ3v) is 2.23. The van der Waals surface area contributed by atoms with Crippen molar-refractivity contribution in [2.24, 2.45) is 11.5 Å². The number of rotatable bonds is 5. The van der Waals surface area contributed by atoms with Crippen molar-refractivity contribution >= 4 is 12.2 Å². The Labute approximate surface area is 103 Å². The average molecular weight is 254 g/mol. The molecule has 0 fully saturated rings. The summed E-state index contributed by atoms with van der Waals surface area (Å²) >= 11 is 0. The molecule has 18 heavy (non-hydrogen) atoms. The van der Waals surface area contributed by atoms with Gasteiger partial charge in [-0.2, -0.15) is 0 Å². The highest BCUT2D eigenvalue weighted by atomic mass is 16.6. The first-order valence-corrected chi connectivity index (χ1v) is 5.13. The third kappa shape index (κ3) is 4.20. The van der Waals surface area contributed by atoms with Crippen molar-refractivity contribution in [2.45, 2.75) is 5.92 Å². The van der Waals surface area contributed by atoms with E-state index in [1.54, 1.807) is 18.2 Å². The summed E-state index contributed by atoms with van der Waals surface area (Å²) < 4.78 is 9.28. The Balaban J connectivity index is 2.79. The van der Waals surface area contributed by atoms with Crippen molar-refractivity contribution in [3.8, 4) is 5.75 Å². The molecular formula is C11H14N2O5. The largest absolute Gasteiger partial charge is 0.508 e.